The molecule has 1 fully saturated rings. The number of aliphatic carboxylic acids is 1. The molecule has 0 aromatic heterocycles. The lowest BCUT2D eigenvalue weighted by molar-refractivity contribution is -0.136. The van der Waals surface area contributed by atoms with E-state index in [9.17, 15) is 4.79 Å². The number of carboxylic acids is 1. The van der Waals surface area contributed by atoms with Crippen LogP contribution >= 0.6 is 12.2 Å². The Morgan fingerprint density at radius 2 is 1.90 bits per heavy atom. The Labute approximate surface area is 130 Å². The number of benzene rings is 1. The minimum absolute atomic E-state index is 0.0573. The van der Waals surface area contributed by atoms with Gasteiger partial charge >= 0.3 is 5.97 Å². The normalized spacial score (nSPS) is 15.5. The highest BCUT2D eigenvalue weighted by atomic mass is 32.1. The van der Waals surface area contributed by atoms with Gasteiger partial charge in [0.05, 0.1) is 11.4 Å². The largest absolute Gasteiger partial charge is 0.481 e. The standard InChI is InChI=1S/C16H22N2O2S/c17-15(21)11-18(14-7-3-4-8-14)10-13-6-2-1-5-12(13)9-16(19)20/h1-2,5-6,14H,3-4,7-11H2,(H2,17,21)(H,19,20). The van der Waals surface area contributed by atoms with Gasteiger partial charge in [-0.2, -0.15) is 0 Å². The molecule has 3 N–H and O–H groups in total. The summed E-state index contributed by atoms with van der Waals surface area (Å²) in [6, 6.07) is 8.23. The third kappa shape index (κ3) is 4.79. The number of thiocarbonyl (C=S) groups is 1. The predicted molar refractivity (Wildman–Crippen MR) is 87.2 cm³/mol. The molecular formula is C16H22N2O2S. The molecule has 0 saturated heterocycles. The highest BCUT2D eigenvalue weighted by Crippen LogP contribution is 2.25. The van der Waals surface area contributed by atoms with Crippen molar-refractivity contribution in [2.75, 3.05) is 6.54 Å². The van der Waals surface area contributed by atoms with Gasteiger partial charge in [-0.25, -0.2) is 0 Å². The molecule has 2 rings (SSSR count). The van der Waals surface area contributed by atoms with Crippen molar-refractivity contribution < 1.29 is 9.90 Å². The number of nitrogens with two attached hydrogens (primary N) is 1. The average Bonchev–Trinajstić information content (AvgIpc) is 2.93. The topological polar surface area (TPSA) is 66.6 Å². The average molecular weight is 306 g/mol. The first kappa shape index (κ1) is 15.9. The van der Waals surface area contributed by atoms with Gasteiger partial charge in [-0.15, -0.1) is 0 Å². The maximum Gasteiger partial charge on any atom is 0.307 e. The third-order valence-corrected chi connectivity index (χ3v) is 4.16. The third-order valence-electron chi connectivity index (χ3n) is 4.03. The van der Waals surface area contributed by atoms with Gasteiger partial charge in [-0.05, 0) is 24.0 Å². The fourth-order valence-electron chi connectivity index (χ4n) is 3.05. The Morgan fingerprint density at radius 1 is 1.29 bits per heavy atom. The molecule has 1 aromatic carbocycles. The van der Waals surface area contributed by atoms with Crippen LogP contribution in [0.3, 0.4) is 0 Å². The van der Waals surface area contributed by atoms with Crippen molar-refractivity contribution in [3.05, 3.63) is 35.4 Å². The van der Waals surface area contributed by atoms with Gasteiger partial charge < -0.3 is 10.8 Å². The van der Waals surface area contributed by atoms with Gasteiger partial charge in [0.25, 0.3) is 0 Å². The second-order valence-corrected chi connectivity index (χ2v) is 6.17. The van der Waals surface area contributed by atoms with Crippen molar-refractivity contribution in [3.8, 4) is 0 Å². The number of nitrogens with zero attached hydrogens (tertiary/aromatic N) is 1. The first-order chi connectivity index (χ1) is 10.1. The summed E-state index contributed by atoms with van der Waals surface area (Å²) < 4.78 is 0. The molecule has 0 spiro atoms. The van der Waals surface area contributed by atoms with E-state index in [1.807, 2.05) is 24.3 Å². The zero-order valence-corrected chi connectivity index (χ0v) is 12.9. The van der Waals surface area contributed by atoms with E-state index < -0.39 is 5.97 Å². The highest BCUT2D eigenvalue weighted by molar-refractivity contribution is 7.80. The minimum atomic E-state index is -0.802. The predicted octanol–water partition coefficient (Wildman–Crippen LogP) is 2.34. The molecular weight excluding hydrogens is 284 g/mol. The Bertz CT molecular complexity index is 513. The van der Waals surface area contributed by atoms with Gasteiger partial charge in [-0.1, -0.05) is 49.3 Å². The van der Waals surface area contributed by atoms with Crippen LogP contribution in [0, 0.1) is 0 Å². The molecule has 1 aliphatic rings. The van der Waals surface area contributed by atoms with Gasteiger partial charge in [0, 0.05) is 19.1 Å². The number of hydrogen-bond donors (Lipinski definition) is 2. The molecule has 5 heteroatoms. The summed E-state index contributed by atoms with van der Waals surface area (Å²) in [5.41, 5.74) is 7.66. The summed E-state index contributed by atoms with van der Waals surface area (Å²) >= 11 is 5.07. The SMILES string of the molecule is NC(=S)CN(Cc1ccccc1CC(=O)O)C1CCCC1. The van der Waals surface area contributed by atoms with E-state index in [4.69, 9.17) is 23.1 Å². The highest BCUT2D eigenvalue weighted by Gasteiger charge is 2.23. The quantitative estimate of drug-likeness (QED) is 0.757. The smallest absolute Gasteiger partial charge is 0.307 e. The summed E-state index contributed by atoms with van der Waals surface area (Å²) in [6.45, 7) is 1.31. The number of carbonyl (C=O) groups is 1. The van der Waals surface area contributed by atoms with E-state index in [-0.39, 0.29) is 6.42 Å². The summed E-state index contributed by atoms with van der Waals surface area (Å²) in [6.07, 6.45) is 4.89. The molecule has 4 nitrogen and oxygen atoms in total. The Kier molecular flexibility index (Phi) is 5.70. The van der Waals surface area contributed by atoms with E-state index in [1.54, 1.807) is 0 Å². The summed E-state index contributed by atoms with van der Waals surface area (Å²) in [5, 5.41) is 9.03. The number of carboxylic acid groups (broad SMARTS) is 1. The van der Waals surface area contributed by atoms with Crippen LogP contribution in [-0.2, 0) is 17.8 Å². The molecule has 0 aliphatic heterocycles. The van der Waals surface area contributed by atoms with Crippen LogP contribution in [0.15, 0.2) is 24.3 Å². The summed E-state index contributed by atoms with van der Waals surface area (Å²) in [4.78, 5) is 13.8. The van der Waals surface area contributed by atoms with Gasteiger partial charge in [-0.3, -0.25) is 9.69 Å². The second kappa shape index (κ2) is 7.52. The lowest BCUT2D eigenvalue weighted by atomic mass is 10.0. The Balaban J connectivity index is 2.15. The molecule has 0 heterocycles. The van der Waals surface area contributed by atoms with Crippen LogP contribution in [0.5, 0.6) is 0 Å². The molecule has 0 amide bonds. The van der Waals surface area contributed by atoms with Crippen LogP contribution in [0.25, 0.3) is 0 Å². The fourth-order valence-corrected chi connectivity index (χ4v) is 3.22. The molecule has 0 atom stereocenters. The first-order valence-electron chi connectivity index (χ1n) is 7.37. The molecule has 1 aliphatic carbocycles. The van der Waals surface area contributed by atoms with Gasteiger partial charge in [0.15, 0.2) is 0 Å². The number of rotatable bonds is 7. The van der Waals surface area contributed by atoms with Gasteiger partial charge in [0.1, 0.15) is 0 Å². The van der Waals surface area contributed by atoms with E-state index >= 15 is 0 Å². The summed E-state index contributed by atoms with van der Waals surface area (Å²) in [7, 11) is 0. The van der Waals surface area contributed by atoms with E-state index in [0.717, 1.165) is 11.1 Å². The lowest BCUT2D eigenvalue weighted by Crippen LogP contribution is -2.39. The minimum Gasteiger partial charge on any atom is -0.481 e. The molecule has 114 valence electrons. The van der Waals surface area contributed by atoms with E-state index in [0.29, 0.717) is 24.1 Å². The van der Waals surface area contributed by atoms with Crippen molar-refractivity contribution in [3.63, 3.8) is 0 Å². The van der Waals surface area contributed by atoms with E-state index in [2.05, 4.69) is 4.90 Å². The van der Waals surface area contributed by atoms with Crippen LogP contribution in [0.4, 0.5) is 0 Å². The zero-order valence-electron chi connectivity index (χ0n) is 12.1. The molecule has 0 unspecified atom stereocenters. The molecule has 1 aromatic rings. The van der Waals surface area contributed by atoms with Crippen LogP contribution in [-0.4, -0.2) is 33.6 Å². The Hall–Kier alpha value is -1.46. The van der Waals surface area contributed by atoms with Crippen molar-refractivity contribution in [1.29, 1.82) is 0 Å². The van der Waals surface area contributed by atoms with Gasteiger partial charge in [0.2, 0.25) is 0 Å². The van der Waals surface area contributed by atoms with Crippen LogP contribution < -0.4 is 5.73 Å². The molecule has 1 saturated carbocycles. The monoisotopic (exact) mass is 306 g/mol. The summed E-state index contributed by atoms with van der Waals surface area (Å²) in [5.74, 6) is -0.802. The van der Waals surface area contributed by atoms with Crippen molar-refractivity contribution in [2.45, 2.75) is 44.7 Å². The van der Waals surface area contributed by atoms with Crippen molar-refractivity contribution >= 4 is 23.2 Å². The van der Waals surface area contributed by atoms with Crippen LogP contribution in [0.1, 0.15) is 36.8 Å². The molecule has 21 heavy (non-hydrogen) atoms. The zero-order chi connectivity index (χ0) is 15.2. The molecule has 0 radical (unpaired) electrons. The van der Waals surface area contributed by atoms with Crippen LogP contribution in [0.2, 0.25) is 0 Å². The number of hydrogen-bond acceptors (Lipinski definition) is 3. The fraction of sp³-hybridized carbons (Fsp3) is 0.500. The maximum atomic E-state index is 11.0. The maximum absolute atomic E-state index is 11.0. The first-order valence-corrected chi connectivity index (χ1v) is 7.78. The molecule has 0 bridgehead atoms. The van der Waals surface area contributed by atoms with Crippen molar-refractivity contribution in [2.24, 2.45) is 5.73 Å². The van der Waals surface area contributed by atoms with E-state index in [1.165, 1.54) is 25.7 Å². The van der Waals surface area contributed by atoms with Crippen molar-refractivity contribution in [1.82, 2.24) is 4.90 Å². The second-order valence-electron chi connectivity index (χ2n) is 5.65. The lowest BCUT2D eigenvalue weighted by Gasteiger charge is -2.29. The Morgan fingerprint density at radius 3 is 2.48 bits per heavy atom.